The molecule has 0 aliphatic carbocycles. The van der Waals surface area contributed by atoms with Crippen LogP contribution in [0.1, 0.15) is 148 Å². The Kier molecular flexibility index (Phi) is 23.4. The third kappa shape index (κ3) is 25.0. The molecule has 1 N–H and O–H groups in total. The maximum absolute atomic E-state index is 11.7. The standard InChI is InChI=1S/C26H50O4/c1-2-3-4-5-6-7-8-11-14-17-20-23-26(29)30-24-21-18-15-12-9-10-13-16-19-22-25(27)28/h2-24H2,1H3,(H,27,28). The highest BCUT2D eigenvalue weighted by molar-refractivity contribution is 5.69. The van der Waals surface area contributed by atoms with Crippen LogP contribution in [0.5, 0.6) is 0 Å². The molecule has 0 unspecified atom stereocenters. The summed E-state index contributed by atoms with van der Waals surface area (Å²) >= 11 is 0. The second-order valence-corrected chi connectivity index (χ2v) is 8.83. The number of carboxylic acids is 1. The van der Waals surface area contributed by atoms with Gasteiger partial charge in [0.25, 0.3) is 0 Å². The Hall–Kier alpha value is -1.06. The van der Waals surface area contributed by atoms with Crippen LogP contribution in [-0.4, -0.2) is 23.7 Å². The third-order valence-electron chi connectivity index (χ3n) is 5.78. The molecule has 0 heterocycles. The van der Waals surface area contributed by atoms with Gasteiger partial charge in [0.1, 0.15) is 0 Å². The minimum absolute atomic E-state index is 0.0210. The van der Waals surface area contributed by atoms with Gasteiger partial charge in [-0.3, -0.25) is 9.59 Å². The summed E-state index contributed by atoms with van der Waals surface area (Å²) in [5.41, 5.74) is 0. The smallest absolute Gasteiger partial charge is 0.305 e. The number of carbonyl (C=O) groups is 2. The predicted molar refractivity (Wildman–Crippen MR) is 126 cm³/mol. The number of ether oxygens (including phenoxy) is 1. The lowest BCUT2D eigenvalue weighted by molar-refractivity contribution is -0.144. The monoisotopic (exact) mass is 426 g/mol. The van der Waals surface area contributed by atoms with Crippen LogP contribution in [0.25, 0.3) is 0 Å². The molecule has 0 saturated heterocycles. The van der Waals surface area contributed by atoms with E-state index in [4.69, 9.17) is 9.84 Å². The highest BCUT2D eigenvalue weighted by Crippen LogP contribution is 2.13. The van der Waals surface area contributed by atoms with E-state index in [1.807, 2.05) is 0 Å². The molecule has 0 spiro atoms. The maximum Gasteiger partial charge on any atom is 0.305 e. The van der Waals surface area contributed by atoms with Gasteiger partial charge in [-0.15, -0.1) is 0 Å². The molecule has 0 atom stereocenters. The van der Waals surface area contributed by atoms with Gasteiger partial charge in [-0.25, -0.2) is 0 Å². The first-order valence-corrected chi connectivity index (χ1v) is 13.0. The summed E-state index contributed by atoms with van der Waals surface area (Å²) in [5, 5.41) is 8.58. The molecule has 30 heavy (non-hydrogen) atoms. The van der Waals surface area contributed by atoms with Crippen molar-refractivity contribution in [1.82, 2.24) is 0 Å². The molecule has 0 fully saturated rings. The maximum atomic E-state index is 11.7. The van der Waals surface area contributed by atoms with Crippen molar-refractivity contribution in [2.45, 2.75) is 148 Å². The van der Waals surface area contributed by atoms with Crippen LogP contribution in [0.4, 0.5) is 0 Å². The van der Waals surface area contributed by atoms with Crippen molar-refractivity contribution < 1.29 is 19.4 Å². The van der Waals surface area contributed by atoms with E-state index in [1.165, 1.54) is 83.5 Å². The van der Waals surface area contributed by atoms with E-state index in [9.17, 15) is 9.59 Å². The first-order valence-electron chi connectivity index (χ1n) is 13.0. The summed E-state index contributed by atoms with van der Waals surface area (Å²) in [5.74, 6) is -0.707. The minimum atomic E-state index is -0.686. The van der Waals surface area contributed by atoms with E-state index in [0.29, 0.717) is 19.4 Å². The first kappa shape index (κ1) is 28.9. The Labute approximate surface area is 186 Å². The number of esters is 1. The molecule has 0 rings (SSSR count). The lowest BCUT2D eigenvalue weighted by Gasteiger charge is -2.05. The fourth-order valence-corrected chi connectivity index (χ4v) is 3.81. The normalized spacial score (nSPS) is 11.0. The van der Waals surface area contributed by atoms with E-state index >= 15 is 0 Å². The number of carboxylic acid groups (broad SMARTS) is 1. The van der Waals surface area contributed by atoms with Crippen molar-refractivity contribution in [3.8, 4) is 0 Å². The van der Waals surface area contributed by atoms with Crippen molar-refractivity contribution in [1.29, 1.82) is 0 Å². The van der Waals surface area contributed by atoms with E-state index in [-0.39, 0.29) is 5.97 Å². The molecule has 0 bridgehead atoms. The Morgan fingerprint density at radius 2 is 0.900 bits per heavy atom. The molecule has 0 aromatic heterocycles. The Morgan fingerprint density at radius 3 is 1.33 bits per heavy atom. The first-order chi connectivity index (χ1) is 14.7. The average Bonchev–Trinajstić information content (AvgIpc) is 2.72. The number of aliphatic carboxylic acids is 1. The summed E-state index contributed by atoms with van der Waals surface area (Å²) < 4.78 is 5.34. The molecule has 0 amide bonds. The molecule has 0 aliphatic rings. The highest BCUT2D eigenvalue weighted by atomic mass is 16.5. The van der Waals surface area contributed by atoms with Crippen molar-refractivity contribution in [3.63, 3.8) is 0 Å². The van der Waals surface area contributed by atoms with Crippen molar-refractivity contribution in [3.05, 3.63) is 0 Å². The van der Waals surface area contributed by atoms with Gasteiger partial charge in [-0.1, -0.05) is 116 Å². The predicted octanol–water partition coefficient (Wildman–Crippen LogP) is 8.22. The quantitative estimate of drug-likeness (QED) is 0.125. The number of hydrogen-bond donors (Lipinski definition) is 1. The summed E-state index contributed by atoms with van der Waals surface area (Å²) in [6, 6.07) is 0. The molecule has 0 aromatic rings. The zero-order valence-electron chi connectivity index (χ0n) is 19.9. The molecule has 4 heteroatoms. The number of hydrogen-bond acceptors (Lipinski definition) is 3. The summed E-state index contributed by atoms with van der Waals surface area (Å²) in [7, 11) is 0. The number of carbonyl (C=O) groups excluding carboxylic acids is 1. The van der Waals surface area contributed by atoms with Crippen LogP contribution in [0, 0.1) is 0 Å². The van der Waals surface area contributed by atoms with Crippen molar-refractivity contribution in [2.24, 2.45) is 0 Å². The van der Waals surface area contributed by atoms with Gasteiger partial charge >= 0.3 is 11.9 Å². The summed E-state index contributed by atoms with van der Waals surface area (Å²) in [4.78, 5) is 22.2. The van der Waals surface area contributed by atoms with Crippen LogP contribution in [0.15, 0.2) is 0 Å². The fourth-order valence-electron chi connectivity index (χ4n) is 3.81. The molecule has 0 aromatic carbocycles. The van der Waals surface area contributed by atoms with Crippen molar-refractivity contribution >= 4 is 11.9 Å². The van der Waals surface area contributed by atoms with Crippen LogP contribution in [0.3, 0.4) is 0 Å². The highest BCUT2D eigenvalue weighted by Gasteiger charge is 2.02. The van der Waals surface area contributed by atoms with E-state index in [1.54, 1.807) is 0 Å². The topological polar surface area (TPSA) is 63.6 Å². The third-order valence-corrected chi connectivity index (χ3v) is 5.78. The fraction of sp³-hybridized carbons (Fsp3) is 0.923. The molecule has 0 radical (unpaired) electrons. The second-order valence-electron chi connectivity index (χ2n) is 8.83. The Bertz CT molecular complexity index is 381. The molecule has 178 valence electrons. The molecule has 0 aliphatic heterocycles. The lowest BCUT2D eigenvalue weighted by Crippen LogP contribution is -2.05. The largest absolute Gasteiger partial charge is 0.481 e. The van der Waals surface area contributed by atoms with Gasteiger partial charge in [0.05, 0.1) is 6.61 Å². The summed E-state index contributed by atoms with van der Waals surface area (Å²) in [6.07, 6.45) is 25.1. The van der Waals surface area contributed by atoms with Gasteiger partial charge < -0.3 is 9.84 Å². The molecule has 0 saturated carbocycles. The van der Waals surface area contributed by atoms with Crippen molar-refractivity contribution in [2.75, 3.05) is 6.61 Å². The zero-order chi connectivity index (χ0) is 22.1. The van der Waals surface area contributed by atoms with Gasteiger partial charge in [0.2, 0.25) is 0 Å². The molecular weight excluding hydrogens is 376 g/mol. The molecular formula is C26H50O4. The Balaban J connectivity index is 3.16. The SMILES string of the molecule is CCCCCCCCCCCCCC(=O)OCCCCCCCCCCCC(=O)O. The Morgan fingerprint density at radius 1 is 0.533 bits per heavy atom. The number of rotatable bonds is 24. The van der Waals surface area contributed by atoms with E-state index in [0.717, 1.165) is 44.9 Å². The van der Waals surface area contributed by atoms with Gasteiger partial charge in [0.15, 0.2) is 0 Å². The summed E-state index contributed by atoms with van der Waals surface area (Å²) in [6.45, 7) is 2.84. The average molecular weight is 427 g/mol. The van der Waals surface area contributed by atoms with Crippen LogP contribution >= 0.6 is 0 Å². The van der Waals surface area contributed by atoms with Gasteiger partial charge in [0, 0.05) is 12.8 Å². The van der Waals surface area contributed by atoms with Gasteiger partial charge in [-0.05, 0) is 19.3 Å². The second kappa shape index (κ2) is 24.2. The van der Waals surface area contributed by atoms with Crippen LogP contribution in [0.2, 0.25) is 0 Å². The molecule has 4 nitrogen and oxygen atoms in total. The van der Waals surface area contributed by atoms with E-state index < -0.39 is 5.97 Å². The van der Waals surface area contributed by atoms with E-state index in [2.05, 4.69) is 6.92 Å². The zero-order valence-corrected chi connectivity index (χ0v) is 19.9. The van der Waals surface area contributed by atoms with Gasteiger partial charge in [-0.2, -0.15) is 0 Å². The van der Waals surface area contributed by atoms with Crippen LogP contribution in [-0.2, 0) is 14.3 Å². The minimum Gasteiger partial charge on any atom is -0.481 e. The lowest BCUT2D eigenvalue weighted by atomic mass is 10.1. The van der Waals surface area contributed by atoms with Crippen LogP contribution < -0.4 is 0 Å². The number of unbranched alkanes of at least 4 members (excludes halogenated alkanes) is 18.